The minimum atomic E-state index is 0.298. The van der Waals surface area contributed by atoms with Crippen molar-refractivity contribution >= 4 is 0 Å². The molecule has 0 amide bonds. The molecule has 0 bridgehead atoms. The summed E-state index contributed by atoms with van der Waals surface area (Å²) in [6.07, 6.45) is 4.85. The van der Waals surface area contributed by atoms with Gasteiger partial charge in [0.15, 0.2) is 0 Å². The van der Waals surface area contributed by atoms with Gasteiger partial charge in [-0.25, -0.2) is 4.98 Å². The van der Waals surface area contributed by atoms with Crippen molar-refractivity contribution in [3.05, 3.63) is 18.2 Å². The van der Waals surface area contributed by atoms with Gasteiger partial charge < -0.3 is 10.3 Å². The normalized spacial score (nSPS) is 14.4. The van der Waals surface area contributed by atoms with E-state index < -0.39 is 0 Å². The second-order valence-electron chi connectivity index (χ2n) is 5.11. The third-order valence-corrected chi connectivity index (χ3v) is 2.27. The van der Waals surface area contributed by atoms with Crippen LogP contribution in [0.4, 0.5) is 0 Å². The van der Waals surface area contributed by atoms with Gasteiger partial charge in [-0.05, 0) is 18.8 Å². The van der Waals surface area contributed by atoms with E-state index in [-0.39, 0.29) is 0 Å². The van der Waals surface area contributed by atoms with Crippen LogP contribution >= 0.6 is 0 Å². The van der Waals surface area contributed by atoms with Gasteiger partial charge in [0.1, 0.15) is 0 Å². The van der Waals surface area contributed by atoms with E-state index >= 15 is 0 Å². The van der Waals surface area contributed by atoms with Crippen molar-refractivity contribution in [1.29, 1.82) is 0 Å². The summed E-state index contributed by atoms with van der Waals surface area (Å²) >= 11 is 0. The van der Waals surface area contributed by atoms with E-state index in [9.17, 15) is 0 Å². The first-order valence-corrected chi connectivity index (χ1v) is 5.15. The van der Waals surface area contributed by atoms with Crippen LogP contribution in [-0.2, 0) is 6.42 Å². The van der Waals surface area contributed by atoms with Crippen LogP contribution in [0, 0.1) is 5.41 Å². The SMILES string of the molecule is CC(CN)n1cncc1CC(C)(C)C. The van der Waals surface area contributed by atoms with Crippen LogP contribution in [0.1, 0.15) is 39.4 Å². The van der Waals surface area contributed by atoms with Gasteiger partial charge in [-0.1, -0.05) is 20.8 Å². The molecule has 1 aromatic rings. The van der Waals surface area contributed by atoms with Gasteiger partial charge >= 0.3 is 0 Å². The molecular formula is C11H21N3. The van der Waals surface area contributed by atoms with Gasteiger partial charge in [0.25, 0.3) is 0 Å². The Morgan fingerprint density at radius 1 is 1.50 bits per heavy atom. The maximum absolute atomic E-state index is 5.65. The summed E-state index contributed by atoms with van der Waals surface area (Å²) in [5.74, 6) is 0. The van der Waals surface area contributed by atoms with Gasteiger partial charge in [0, 0.05) is 24.5 Å². The summed E-state index contributed by atoms with van der Waals surface area (Å²) < 4.78 is 2.17. The molecule has 0 aromatic carbocycles. The van der Waals surface area contributed by atoms with Crippen LogP contribution in [0.2, 0.25) is 0 Å². The molecule has 0 saturated heterocycles. The molecular weight excluding hydrogens is 174 g/mol. The average molecular weight is 195 g/mol. The molecule has 80 valence electrons. The Morgan fingerprint density at radius 2 is 2.14 bits per heavy atom. The Balaban J connectivity index is 2.82. The Kier molecular flexibility index (Phi) is 3.32. The lowest BCUT2D eigenvalue weighted by Crippen LogP contribution is -2.20. The number of nitrogens with zero attached hydrogens (tertiary/aromatic N) is 2. The highest BCUT2D eigenvalue weighted by atomic mass is 15.1. The van der Waals surface area contributed by atoms with E-state index in [0.717, 1.165) is 6.42 Å². The molecule has 0 aliphatic heterocycles. The number of nitrogens with two attached hydrogens (primary N) is 1. The first kappa shape index (κ1) is 11.2. The molecule has 14 heavy (non-hydrogen) atoms. The molecule has 1 heterocycles. The summed E-state index contributed by atoms with van der Waals surface area (Å²) in [6, 6.07) is 0.342. The van der Waals surface area contributed by atoms with Crippen LogP contribution in [0.5, 0.6) is 0 Å². The predicted octanol–water partition coefficient (Wildman–Crippen LogP) is 1.99. The summed E-state index contributed by atoms with van der Waals surface area (Å²) in [4.78, 5) is 4.18. The first-order chi connectivity index (χ1) is 6.44. The first-order valence-electron chi connectivity index (χ1n) is 5.15. The van der Waals surface area contributed by atoms with E-state index in [1.54, 1.807) is 0 Å². The van der Waals surface area contributed by atoms with Crippen LogP contribution in [-0.4, -0.2) is 16.1 Å². The Labute approximate surface area is 86.3 Å². The van der Waals surface area contributed by atoms with E-state index in [1.165, 1.54) is 5.69 Å². The minimum absolute atomic E-state index is 0.298. The van der Waals surface area contributed by atoms with E-state index in [2.05, 4.69) is 37.2 Å². The van der Waals surface area contributed by atoms with E-state index in [0.29, 0.717) is 18.0 Å². The van der Waals surface area contributed by atoms with Crippen molar-refractivity contribution in [2.24, 2.45) is 11.1 Å². The van der Waals surface area contributed by atoms with Crippen molar-refractivity contribution in [1.82, 2.24) is 9.55 Å². The van der Waals surface area contributed by atoms with Crippen LogP contribution < -0.4 is 5.73 Å². The predicted molar refractivity (Wildman–Crippen MR) is 59.2 cm³/mol. The zero-order valence-corrected chi connectivity index (χ0v) is 9.62. The van der Waals surface area contributed by atoms with Crippen molar-refractivity contribution in [3.63, 3.8) is 0 Å². The van der Waals surface area contributed by atoms with Crippen LogP contribution in [0.25, 0.3) is 0 Å². The molecule has 1 atom stereocenters. The molecule has 1 unspecified atom stereocenters. The molecule has 3 heteroatoms. The van der Waals surface area contributed by atoms with Crippen molar-refractivity contribution < 1.29 is 0 Å². The van der Waals surface area contributed by atoms with Gasteiger partial charge in [0.05, 0.1) is 6.33 Å². The Bertz CT molecular complexity index is 283. The number of aromatic nitrogens is 2. The molecule has 2 N–H and O–H groups in total. The third-order valence-electron chi connectivity index (χ3n) is 2.27. The largest absolute Gasteiger partial charge is 0.331 e. The highest BCUT2D eigenvalue weighted by Gasteiger charge is 2.16. The number of hydrogen-bond donors (Lipinski definition) is 1. The van der Waals surface area contributed by atoms with Crippen molar-refractivity contribution in [2.75, 3.05) is 6.54 Å². The molecule has 0 fully saturated rings. The zero-order chi connectivity index (χ0) is 10.8. The van der Waals surface area contributed by atoms with Gasteiger partial charge in [-0.3, -0.25) is 0 Å². The molecule has 0 aliphatic carbocycles. The zero-order valence-electron chi connectivity index (χ0n) is 9.62. The Morgan fingerprint density at radius 3 is 2.64 bits per heavy atom. The third kappa shape index (κ3) is 2.84. The number of rotatable bonds is 3. The molecule has 3 nitrogen and oxygen atoms in total. The van der Waals surface area contributed by atoms with Crippen molar-refractivity contribution in [3.8, 4) is 0 Å². The van der Waals surface area contributed by atoms with Crippen LogP contribution in [0.15, 0.2) is 12.5 Å². The fourth-order valence-electron chi connectivity index (χ4n) is 1.52. The number of imidazole rings is 1. The molecule has 1 aromatic heterocycles. The average Bonchev–Trinajstić information content (AvgIpc) is 2.48. The smallest absolute Gasteiger partial charge is 0.0951 e. The van der Waals surface area contributed by atoms with Gasteiger partial charge in [-0.15, -0.1) is 0 Å². The minimum Gasteiger partial charge on any atom is -0.331 e. The molecule has 0 saturated carbocycles. The quantitative estimate of drug-likeness (QED) is 0.801. The lowest BCUT2D eigenvalue weighted by atomic mass is 9.90. The lowest BCUT2D eigenvalue weighted by molar-refractivity contribution is 0.390. The van der Waals surface area contributed by atoms with E-state index in [4.69, 9.17) is 5.73 Å². The number of hydrogen-bond acceptors (Lipinski definition) is 2. The van der Waals surface area contributed by atoms with E-state index in [1.807, 2.05) is 12.5 Å². The molecule has 0 aliphatic rings. The summed E-state index contributed by atoms with van der Waals surface area (Å²) in [6.45, 7) is 9.48. The van der Waals surface area contributed by atoms with Gasteiger partial charge in [0.2, 0.25) is 0 Å². The molecule has 0 spiro atoms. The second kappa shape index (κ2) is 4.13. The van der Waals surface area contributed by atoms with Crippen LogP contribution in [0.3, 0.4) is 0 Å². The summed E-state index contributed by atoms with van der Waals surface area (Å²) in [5, 5.41) is 0. The maximum atomic E-state index is 5.65. The highest BCUT2D eigenvalue weighted by molar-refractivity contribution is 5.02. The lowest BCUT2D eigenvalue weighted by Gasteiger charge is -2.21. The fourth-order valence-corrected chi connectivity index (χ4v) is 1.52. The van der Waals surface area contributed by atoms with Gasteiger partial charge in [-0.2, -0.15) is 0 Å². The molecule has 1 rings (SSSR count). The standard InChI is InChI=1S/C11H21N3/c1-9(6-12)14-8-13-7-10(14)5-11(2,3)4/h7-9H,5-6,12H2,1-4H3. The molecule has 0 radical (unpaired) electrons. The Hall–Kier alpha value is -0.830. The second-order valence-corrected chi connectivity index (χ2v) is 5.11. The highest BCUT2D eigenvalue weighted by Crippen LogP contribution is 2.21. The fraction of sp³-hybridized carbons (Fsp3) is 0.727. The monoisotopic (exact) mass is 195 g/mol. The summed E-state index contributed by atoms with van der Waals surface area (Å²) in [7, 11) is 0. The summed E-state index contributed by atoms with van der Waals surface area (Å²) in [5.41, 5.74) is 7.22. The maximum Gasteiger partial charge on any atom is 0.0951 e. The topological polar surface area (TPSA) is 43.8 Å². The van der Waals surface area contributed by atoms with Crippen molar-refractivity contribution in [2.45, 2.75) is 40.2 Å².